The van der Waals surface area contributed by atoms with E-state index in [1.807, 2.05) is 0 Å². The second-order valence-corrected chi connectivity index (χ2v) is 41.9. The minimum atomic E-state index is -6.00. The van der Waals surface area contributed by atoms with Gasteiger partial charge in [-0.3, -0.25) is 19.6 Å². The third kappa shape index (κ3) is 12.0. The van der Waals surface area contributed by atoms with E-state index >= 15 is 0 Å². The molecule has 16 aliphatic heterocycles. The molecule has 8 atom stereocenters. The van der Waals surface area contributed by atoms with E-state index in [0.29, 0.717) is 24.2 Å². The zero-order chi connectivity index (χ0) is 61.0. The molecule has 0 aromatic heterocycles. The standard InChI is InChI=1S/C64H116N16P5.BF4/c1-2-30-69(29-1)57-25-53-81(61(57,73-37-9-10-38-73)74-39-11-12-40-74)65-85(66-82-54-26-58(70-31-3-4-32-70)62(82,75-41-13-14-42-75)76-43-15-16-44-76,67-83-55-27-59(71-33-5-6-34-71)63(83,77-45-17-18-46-77)78-47-19-20-48-78)68-84-56-28-60(72-35-7-8-36-72)64(84,79-49-21-22-50-79)80-51-23-24-52-80;2-1(3,4)5/h57-60H,1-56H2;/q+5;-1. The van der Waals surface area contributed by atoms with Gasteiger partial charge in [-0.05, 0) is 206 Å². The maximum Gasteiger partial charge on any atom is 0.673 e. The molecule has 16 saturated heterocycles. The van der Waals surface area contributed by atoms with E-state index in [4.69, 9.17) is 18.1 Å². The van der Waals surface area contributed by atoms with Crippen molar-refractivity contribution in [2.24, 2.45) is 18.1 Å². The minimum Gasteiger partial charge on any atom is -0.418 e. The molecule has 0 bridgehead atoms. The van der Waals surface area contributed by atoms with Crippen LogP contribution in [0.4, 0.5) is 17.3 Å². The molecular weight excluding hydrogens is 1230 g/mol. The molecule has 0 saturated carbocycles. The van der Waals surface area contributed by atoms with Crippen molar-refractivity contribution in [2.45, 2.75) is 226 Å². The van der Waals surface area contributed by atoms with Crippen LogP contribution < -0.4 is 0 Å². The van der Waals surface area contributed by atoms with E-state index in [2.05, 4.69) is 58.8 Å². The fourth-order valence-corrected chi connectivity index (χ4v) is 43.3. The van der Waals surface area contributed by atoms with Gasteiger partial charge in [-0.15, -0.1) is 0 Å². The van der Waals surface area contributed by atoms with Crippen molar-refractivity contribution in [3.63, 3.8) is 0 Å². The van der Waals surface area contributed by atoms with Gasteiger partial charge in [-0.2, -0.15) is 0 Å². The van der Waals surface area contributed by atoms with Gasteiger partial charge in [0.15, 0.2) is 0 Å². The lowest BCUT2D eigenvalue weighted by atomic mass is 10.1. The number of halogens is 4. The molecule has 16 aliphatic rings. The summed E-state index contributed by atoms with van der Waals surface area (Å²) in [6.45, 7) is 30.2. The van der Waals surface area contributed by atoms with Crippen LogP contribution in [0, 0.1) is 0 Å². The Labute approximate surface area is 544 Å². The molecular formula is C64H116BF4N16P5+4. The lowest BCUT2D eigenvalue weighted by Gasteiger charge is -2.45. The van der Waals surface area contributed by atoms with E-state index in [-0.39, 0.29) is 21.6 Å². The van der Waals surface area contributed by atoms with Gasteiger partial charge in [0, 0.05) is 130 Å². The van der Waals surface area contributed by atoms with Crippen molar-refractivity contribution < 1.29 is 17.3 Å². The van der Waals surface area contributed by atoms with Crippen LogP contribution in [0.5, 0.6) is 0 Å². The number of rotatable bonds is 16. The lowest BCUT2D eigenvalue weighted by Crippen LogP contribution is -2.65. The Bertz CT molecular complexity index is 2150. The van der Waals surface area contributed by atoms with Gasteiger partial charge in [-0.1, -0.05) is 0 Å². The van der Waals surface area contributed by atoms with Crippen LogP contribution in [0.15, 0.2) is 18.1 Å². The van der Waals surface area contributed by atoms with Gasteiger partial charge >= 0.3 is 15.1 Å². The highest BCUT2D eigenvalue weighted by Gasteiger charge is 2.80. The summed E-state index contributed by atoms with van der Waals surface area (Å²) >= 11 is 0. The van der Waals surface area contributed by atoms with Crippen molar-refractivity contribution in [1.29, 1.82) is 0 Å². The van der Waals surface area contributed by atoms with E-state index in [9.17, 15) is 17.3 Å². The Morgan fingerprint density at radius 3 is 0.522 bits per heavy atom. The van der Waals surface area contributed by atoms with Crippen LogP contribution in [0.3, 0.4) is 0 Å². The quantitative estimate of drug-likeness (QED) is 0.0838. The molecule has 0 N–H and O–H groups in total. The van der Waals surface area contributed by atoms with Gasteiger partial charge in [0.05, 0.1) is 24.2 Å². The first-order chi connectivity index (χ1) is 44.1. The predicted molar refractivity (Wildman–Crippen MR) is 368 cm³/mol. The summed E-state index contributed by atoms with van der Waals surface area (Å²) in [6.07, 6.45) is 42.6. The highest BCUT2D eigenvalue weighted by molar-refractivity contribution is 7.84. The molecule has 0 aliphatic carbocycles. The zero-order valence-electron chi connectivity index (χ0n) is 55.4. The lowest BCUT2D eigenvalue weighted by molar-refractivity contribution is -0.0213. The number of hydrogen-bond donors (Lipinski definition) is 0. The van der Waals surface area contributed by atoms with Gasteiger partial charge in [0.25, 0.3) is 52.5 Å². The topological polar surface area (TPSA) is 88.3 Å². The Kier molecular flexibility index (Phi) is 20.8. The summed E-state index contributed by atoms with van der Waals surface area (Å²) in [7, 11) is -12.9. The first-order valence-electron chi connectivity index (χ1n) is 37.8. The second kappa shape index (κ2) is 28.4. The average Bonchev–Trinajstić information content (AvgIpc) is 1.51. The van der Waals surface area contributed by atoms with E-state index in [1.54, 1.807) is 0 Å². The summed E-state index contributed by atoms with van der Waals surface area (Å²) in [4.78, 5) is 37.7. The Balaban J connectivity index is 0.00000130. The highest BCUT2D eigenvalue weighted by atomic mass is 31.3. The van der Waals surface area contributed by atoms with Crippen LogP contribution in [-0.2, 0) is 0 Å². The fourth-order valence-electron chi connectivity index (χ4n) is 22.3. The molecule has 0 radical (unpaired) electrons. The Morgan fingerprint density at radius 2 is 0.378 bits per heavy atom. The average molecular weight is 1350 g/mol. The van der Waals surface area contributed by atoms with Crippen molar-refractivity contribution in [3.05, 3.63) is 0 Å². The van der Waals surface area contributed by atoms with Crippen LogP contribution in [0.25, 0.3) is 0 Å². The number of likely N-dealkylation sites (tertiary alicyclic amines) is 12. The second-order valence-electron chi connectivity index (χ2n) is 30.4. The SMILES string of the molecule is C1CCN(C2CC[P+](=N[P+](N=[P+]3CCC(N4CCCC4)C3(N3CCCC3)N3CCCC3)(N=[P+]3CCC(N4CCCC4)C3(N3CCCC3)N3CCCC3)N=[P+]3CCC(N4CCCC4)C3(N3CCCC3)N3CCCC3)C2(N2CCCC2)N2CCCC2)C1.F[B-](F)(F)F. The molecule has 504 valence electrons. The molecule has 0 spiro atoms. The summed E-state index contributed by atoms with van der Waals surface area (Å²) < 4.78 is 68.8. The molecule has 90 heavy (non-hydrogen) atoms. The number of nitrogens with zero attached hydrogens (tertiary/aromatic N) is 16. The van der Waals surface area contributed by atoms with Gasteiger partial charge in [0.2, 0.25) is 0 Å². The molecule has 16 rings (SSSR count). The maximum absolute atomic E-state index is 9.75. The molecule has 16 nitrogen and oxygen atoms in total. The first kappa shape index (κ1) is 66.0. The van der Waals surface area contributed by atoms with Gasteiger partial charge in [0.1, 0.15) is 42.7 Å². The molecule has 16 fully saturated rings. The molecule has 0 aromatic rings. The van der Waals surface area contributed by atoms with Crippen LogP contribution >= 0.6 is 38.7 Å². The predicted octanol–water partition coefficient (Wildman–Crippen LogP) is 13.5. The van der Waals surface area contributed by atoms with Gasteiger partial charge < -0.3 is 17.3 Å². The number of hydrogen-bond acceptors (Lipinski definition) is 16. The monoisotopic (exact) mass is 1350 g/mol. The van der Waals surface area contributed by atoms with Crippen LogP contribution in [-0.4, -0.2) is 294 Å². The molecule has 0 aromatic carbocycles. The van der Waals surface area contributed by atoms with Crippen molar-refractivity contribution in [1.82, 2.24) is 58.8 Å². The molecule has 26 heteroatoms. The fraction of sp³-hybridized carbons (Fsp3) is 1.00. The third-order valence-electron chi connectivity index (χ3n) is 25.6. The van der Waals surface area contributed by atoms with Crippen molar-refractivity contribution in [2.75, 3.05) is 182 Å². The maximum atomic E-state index is 9.75. The summed E-state index contributed by atoms with van der Waals surface area (Å²) in [5.74, 6) is 0. The Morgan fingerprint density at radius 1 is 0.244 bits per heavy atom. The summed E-state index contributed by atoms with van der Waals surface area (Å²) in [5, 5.41) is -0.204. The van der Waals surface area contributed by atoms with Crippen LogP contribution in [0.2, 0.25) is 0 Å². The smallest absolute Gasteiger partial charge is 0.418 e. The molecule has 0 amide bonds. The first-order valence-corrected chi connectivity index (χ1v) is 45.3. The summed E-state index contributed by atoms with van der Waals surface area (Å²) in [6, 6.07) is 2.18. The van der Waals surface area contributed by atoms with E-state index < -0.39 is 46.0 Å². The third-order valence-corrected chi connectivity index (χ3v) is 42.1. The highest BCUT2D eigenvalue weighted by Crippen LogP contribution is 2.84. The van der Waals surface area contributed by atoms with Crippen LogP contribution in [0.1, 0.15) is 180 Å². The van der Waals surface area contributed by atoms with E-state index in [1.165, 1.54) is 362 Å². The normalized spacial score (nSPS) is 36.8. The van der Waals surface area contributed by atoms with Gasteiger partial charge in [-0.25, -0.2) is 39.2 Å². The molecule has 8 unspecified atom stereocenters. The Hall–Kier alpha value is 0.135. The zero-order valence-corrected chi connectivity index (χ0v) is 59.9. The largest absolute Gasteiger partial charge is 0.673 e. The molecule has 16 heterocycles. The van der Waals surface area contributed by atoms with Crippen molar-refractivity contribution in [3.8, 4) is 0 Å². The van der Waals surface area contributed by atoms with Crippen molar-refractivity contribution >= 4 is 46.0 Å². The van der Waals surface area contributed by atoms with E-state index in [0.717, 1.165) is 0 Å². The summed E-state index contributed by atoms with van der Waals surface area (Å²) in [5.41, 5.74) is 0. The minimum absolute atomic E-state index is 0.0511.